The van der Waals surface area contributed by atoms with E-state index in [9.17, 15) is 0 Å². The molecule has 1 atom stereocenters. The van der Waals surface area contributed by atoms with Crippen molar-refractivity contribution in [2.75, 3.05) is 25.1 Å². The summed E-state index contributed by atoms with van der Waals surface area (Å²) in [7, 11) is 2.03. The highest BCUT2D eigenvalue weighted by molar-refractivity contribution is 5.47. The topological polar surface area (TPSA) is 49.5 Å². The Labute approximate surface area is 91.5 Å². The molecule has 3 heteroatoms. The van der Waals surface area contributed by atoms with Crippen molar-refractivity contribution in [3.8, 4) is 0 Å². The zero-order chi connectivity index (χ0) is 11.3. The van der Waals surface area contributed by atoms with E-state index in [1.54, 1.807) is 0 Å². The Balaban J connectivity index is 2.68. The van der Waals surface area contributed by atoms with Crippen LogP contribution in [-0.2, 0) is 6.54 Å². The summed E-state index contributed by atoms with van der Waals surface area (Å²) >= 11 is 0. The summed E-state index contributed by atoms with van der Waals surface area (Å²) < 4.78 is 0. The third kappa shape index (κ3) is 3.53. The molecule has 3 N–H and O–H groups in total. The third-order valence-electron chi connectivity index (χ3n) is 2.48. The van der Waals surface area contributed by atoms with Crippen LogP contribution in [0.15, 0.2) is 24.3 Å². The molecule has 1 aromatic carbocycles. The molecule has 0 radical (unpaired) electrons. The van der Waals surface area contributed by atoms with Gasteiger partial charge in [0.05, 0.1) is 0 Å². The largest absolute Gasteiger partial charge is 0.396 e. The van der Waals surface area contributed by atoms with Gasteiger partial charge in [-0.1, -0.05) is 19.1 Å². The van der Waals surface area contributed by atoms with Crippen molar-refractivity contribution in [1.82, 2.24) is 0 Å². The van der Waals surface area contributed by atoms with Gasteiger partial charge < -0.3 is 15.7 Å². The Kier molecular flexibility index (Phi) is 4.59. The Morgan fingerprint density at radius 2 is 2.20 bits per heavy atom. The monoisotopic (exact) mass is 208 g/mol. The summed E-state index contributed by atoms with van der Waals surface area (Å²) in [6, 6.07) is 8.18. The fourth-order valence-corrected chi connectivity index (χ4v) is 1.55. The minimum absolute atomic E-state index is 0.223. The lowest BCUT2D eigenvalue weighted by atomic mass is 10.1. The first kappa shape index (κ1) is 12.0. The van der Waals surface area contributed by atoms with Gasteiger partial charge in [0.1, 0.15) is 0 Å². The molecule has 0 amide bonds. The molecule has 0 spiro atoms. The maximum absolute atomic E-state index is 8.98. The van der Waals surface area contributed by atoms with E-state index >= 15 is 0 Å². The number of hydrogen-bond acceptors (Lipinski definition) is 3. The molecule has 0 aliphatic heterocycles. The number of hydrogen-bond donors (Lipinski definition) is 2. The Morgan fingerprint density at radius 3 is 2.80 bits per heavy atom. The van der Waals surface area contributed by atoms with Crippen LogP contribution in [0.1, 0.15) is 12.5 Å². The van der Waals surface area contributed by atoms with Crippen LogP contribution in [-0.4, -0.2) is 25.3 Å². The molecule has 1 aromatic rings. The summed E-state index contributed by atoms with van der Waals surface area (Å²) in [6.45, 7) is 3.67. The first-order valence-corrected chi connectivity index (χ1v) is 5.28. The van der Waals surface area contributed by atoms with E-state index in [2.05, 4.69) is 17.0 Å². The average molecular weight is 208 g/mol. The molecule has 0 saturated carbocycles. The van der Waals surface area contributed by atoms with Gasteiger partial charge in [-0.05, 0) is 23.6 Å². The third-order valence-corrected chi connectivity index (χ3v) is 2.48. The predicted octanol–water partition coefficient (Wildman–Crippen LogP) is 1.21. The van der Waals surface area contributed by atoms with E-state index < -0.39 is 0 Å². The van der Waals surface area contributed by atoms with Crippen molar-refractivity contribution in [3.63, 3.8) is 0 Å². The standard InChI is InChI=1S/C12H20N2O/c1-10(9-15)8-14(2)12-5-3-4-11(6-12)7-13/h3-6,10,15H,7-9,13H2,1-2H3. The number of rotatable bonds is 5. The van der Waals surface area contributed by atoms with Crippen molar-refractivity contribution < 1.29 is 5.11 Å². The molecule has 1 unspecified atom stereocenters. The average Bonchev–Trinajstić information content (AvgIpc) is 2.28. The molecule has 0 aromatic heterocycles. The molecular formula is C12H20N2O. The van der Waals surface area contributed by atoms with Gasteiger partial charge in [-0.25, -0.2) is 0 Å². The Bertz CT molecular complexity index is 301. The van der Waals surface area contributed by atoms with Crippen LogP contribution in [0.3, 0.4) is 0 Å². The lowest BCUT2D eigenvalue weighted by Crippen LogP contribution is -2.25. The van der Waals surface area contributed by atoms with Gasteiger partial charge in [-0.3, -0.25) is 0 Å². The highest BCUT2D eigenvalue weighted by Crippen LogP contribution is 2.15. The van der Waals surface area contributed by atoms with Crippen LogP contribution in [0, 0.1) is 5.92 Å². The maximum Gasteiger partial charge on any atom is 0.0473 e. The quantitative estimate of drug-likeness (QED) is 0.764. The molecule has 0 aliphatic carbocycles. The smallest absolute Gasteiger partial charge is 0.0473 e. The van der Waals surface area contributed by atoms with E-state index in [4.69, 9.17) is 10.8 Å². The SMILES string of the molecule is CC(CO)CN(C)c1cccc(CN)c1. The van der Waals surface area contributed by atoms with E-state index in [1.165, 1.54) is 0 Å². The minimum Gasteiger partial charge on any atom is -0.396 e. The number of aliphatic hydroxyl groups is 1. The number of anilines is 1. The van der Waals surface area contributed by atoms with Crippen LogP contribution in [0.5, 0.6) is 0 Å². The molecule has 0 heterocycles. The van der Waals surface area contributed by atoms with Gasteiger partial charge in [0.15, 0.2) is 0 Å². The number of aliphatic hydroxyl groups excluding tert-OH is 1. The Morgan fingerprint density at radius 1 is 1.47 bits per heavy atom. The van der Waals surface area contributed by atoms with Crippen LogP contribution in [0.2, 0.25) is 0 Å². The second-order valence-electron chi connectivity index (χ2n) is 4.04. The molecule has 0 fully saturated rings. The van der Waals surface area contributed by atoms with Crippen molar-refractivity contribution in [1.29, 1.82) is 0 Å². The predicted molar refractivity (Wildman–Crippen MR) is 63.9 cm³/mol. The van der Waals surface area contributed by atoms with E-state index in [0.717, 1.165) is 17.8 Å². The van der Waals surface area contributed by atoms with Crippen LogP contribution < -0.4 is 10.6 Å². The van der Waals surface area contributed by atoms with E-state index in [-0.39, 0.29) is 12.5 Å². The first-order chi connectivity index (χ1) is 7.17. The highest BCUT2D eigenvalue weighted by Gasteiger charge is 2.06. The lowest BCUT2D eigenvalue weighted by molar-refractivity contribution is 0.240. The zero-order valence-corrected chi connectivity index (χ0v) is 9.48. The van der Waals surface area contributed by atoms with Crippen LogP contribution in [0.25, 0.3) is 0 Å². The Hall–Kier alpha value is -1.06. The molecule has 0 aliphatic rings. The molecule has 15 heavy (non-hydrogen) atoms. The summed E-state index contributed by atoms with van der Waals surface area (Å²) in [4.78, 5) is 2.14. The van der Waals surface area contributed by atoms with Gasteiger partial charge in [0, 0.05) is 32.4 Å². The summed E-state index contributed by atoms with van der Waals surface area (Å²) in [5.41, 5.74) is 7.87. The van der Waals surface area contributed by atoms with Crippen molar-refractivity contribution >= 4 is 5.69 Å². The van der Waals surface area contributed by atoms with Gasteiger partial charge in [-0.2, -0.15) is 0 Å². The maximum atomic E-state index is 8.98. The number of benzene rings is 1. The number of nitrogens with zero attached hydrogens (tertiary/aromatic N) is 1. The molecule has 0 saturated heterocycles. The highest BCUT2D eigenvalue weighted by atomic mass is 16.3. The van der Waals surface area contributed by atoms with Gasteiger partial charge in [0.2, 0.25) is 0 Å². The van der Waals surface area contributed by atoms with Crippen molar-refractivity contribution in [2.45, 2.75) is 13.5 Å². The second kappa shape index (κ2) is 5.73. The molecule has 3 nitrogen and oxygen atoms in total. The van der Waals surface area contributed by atoms with Gasteiger partial charge >= 0.3 is 0 Å². The summed E-state index contributed by atoms with van der Waals surface area (Å²) in [6.07, 6.45) is 0. The lowest BCUT2D eigenvalue weighted by Gasteiger charge is -2.22. The molecular weight excluding hydrogens is 188 g/mol. The first-order valence-electron chi connectivity index (χ1n) is 5.28. The fourth-order valence-electron chi connectivity index (χ4n) is 1.55. The fraction of sp³-hybridized carbons (Fsp3) is 0.500. The molecule has 0 bridgehead atoms. The van der Waals surface area contributed by atoms with Crippen LogP contribution >= 0.6 is 0 Å². The summed E-state index contributed by atoms with van der Waals surface area (Å²) in [5.74, 6) is 0.288. The van der Waals surface area contributed by atoms with E-state index in [1.807, 2.05) is 26.1 Å². The zero-order valence-electron chi connectivity index (χ0n) is 9.48. The van der Waals surface area contributed by atoms with Crippen molar-refractivity contribution in [2.24, 2.45) is 11.7 Å². The van der Waals surface area contributed by atoms with Gasteiger partial charge in [-0.15, -0.1) is 0 Å². The van der Waals surface area contributed by atoms with Gasteiger partial charge in [0.25, 0.3) is 0 Å². The molecule has 1 rings (SSSR count). The van der Waals surface area contributed by atoms with E-state index in [0.29, 0.717) is 6.54 Å². The molecule has 84 valence electrons. The van der Waals surface area contributed by atoms with Crippen LogP contribution in [0.4, 0.5) is 5.69 Å². The summed E-state index contributed by atoms with van der Waals surface area (Å²) in [5, 5.41) is 8.98. The second-order valence-corrected chi connectivity index (χ2v) is 4.04. The van der Waals surface area contributed by atoms with Crippen molar-refractivity contribution in [3.05, 3.63) is 29.8 Å². The number of nitrogens with two attached hydrogens (primary N) is 1. The minimum atomic E-state index is 0.223. The normalized spacial score (nSPS) is 12.5.